The molecule has 0 spiro atoms. The molecule has 2 nitrogen and oxygen atoms in total. The van der Waals surface area contributed by atoms with Crippen LogP contribution in [0.15, 0.2) is 124 Å². The molecule has 0 saturated heterocycles. The number of rotatable bonds is 4. The molecule has 149 valence electrons. The highest BCUT2D eigenvalue weighted by Crippen LogP contribution is 2.53. The van der Waals surface area contributed by atoms with E-state index >= 15 is 0 Å². The van der Waals surface area contributed by atoms with Crippen LogP contribution in [0.4, 0.5) is 0 Å². The van der Waals surface area contributed by atoms with Crippen molar-refractivity contribution in [3.63, 3.8) is 0 Å². The quantitative estimate of drug-likeness (QED) is 0.241. The summed E-state index contributed by atoms with van der Waals surface area (Å²) in [5, 5.41) is 0. The molecule has 0 aromatic heterocycles. The first kappa shape index (κ1) is 19.6. The van der Waals surface area contributed by atoms with Crippen LogP contribution in [-0.2, 0) is 0 Å². The van der Waals surface area contributed by atoms with Crippen molar-refractivity contribution in [1.82, 2.24) is 0 Å². The lowest BCUT2D eigenvalue weighted by Crippen LogP contribution is -2.12. The highest BCUT2D eigenvalue weighted by molar-refractivity contribution is 8.05. The summed E-state index contributed by atoms with van der Waals surface area (Å²) in [7, 11) is 1.45. The molecule has 0 aliphatic carbocycles. The van der Waals surface area contributed by atoms with Gasteiger partial charge in [0.25, 0.3) is 0 Å². The maximum absolute atomic E-state index is 5.99. The monoisotopic (exact) mass is 473 g/mol. The van der Waals surface area contributed by atoms with Crippen molar-refractivity contribution in [2.24, 2.45) is 0 Å². The Morgan fingerprint density at radius 1 is 0.419 bits per heavy atom. The van der Waals surface area contributed by atoms with Crippen molar-refractivity contribution >= 4 is 54.7 Å². The lowest BCUT2D eigenvalue weighted by Gasteiger charge is -2.22. The van der Waals surface area contributed by atoms with Gasteiger partial charge in [-0.25, -0.2) is 0 Å². The van der Waals surface area contributed by atoms with Crippen LogP contribution in [0.1, 0.15) is 0 Å². The van der Waals surface area contributed by atoms with Crippen LogP contribution in [0, 0.1) is 0 Å². The molecule has 2 heterocycles. The van der Waals surface area contributed by atoms with Gasteiger partial charge in [0.2, 0.25) is 0 Å². The van der Waals surface area contributed by atoms with E-state index in [0.29, 0.717) is 0 Å². The molecular formula is C24H14BO2S4. The maximum Gasteiger partial charge on any atom is 0.658 e. The average molecular weight is 473 g/mol. The summed E-state index contributed by atoms with van der Waals surface area (Å²) in [4.78, 5) is 9.72. The smallest absolute Gasteiger partial charge is 0.525 e. The Kier molecular flexibility index (Phi) is 5.36. The molecule has 0 bridgehead atoms. The second kappa shape index (κ2) is 8.47. The van der Waals surface area contributed by atoms with E-state index in [1.165, 1.54) is 37.1 Å². The Bertz CT molecular complexity index is 1200. The van der Waals surface area contributed by atoms with Crippen molar-refractivity contribution in [2.75, 3.05) is 0 Å². The Morgan fingerprint density at radius 2 is 0.806 bits per heavy atom. The third kappa shape index (κ3) is 3.84. The third-order valence-corrected chi connectivity index (χ3v) is 9.99. The molecule has 2 aliphatic heterocycles. The minimum atomic E-state index is 0.807. The van der Waals surface area contributed by atoms with Crippen LogP contribution < -0.4 is 9.31 Å². The van der Waals surface area contributed by atoms with Crippen LogP contribution in [0.5, 0.6) is 11.5 Å². The molecule has 2 aliphatic rings. The number of benzene rings is 4. The van der Waals surface area contributed by atoms with Gasteiger partial charge in [-0.1, -0.05) is 83.4 Å². The fraction of sp³-hybridized carbons (Fsp3) is 0. The zero-order chi connectivity index (χ0) is 20.6. The predicted octanol–water partition coefficient (Wildman–Crippen LogP) is 7.91. The van der Waals surface area contributed by atoms with Crippen molar-refractivity contribution < 1.29 is 9.31 Å². The van der Waals surface area contributed by atoms with Gasteiger partial charge in [-0.3, -0.25) is 0 Å². The van der Waals surface area contributed by atoms with Gasteiger partial charge < -0.3 is 9.31 Å². The third-order valence-electron chi connectivity index (χ3n) is 4.80. The van der Waals surface area contributed by atoms with Gasteiger partial charge in [0.05, 0.1) is 9.79 Å². The second-order valence-electron chi connectivity index (χ2n) is 6.80. The molecule has 31 heavy (non-hydrogen) atoms. The van der Waals surface area contributed by atoms with Gasteiger partial charge in [0, 0.05) is 29.4 Å². The topological polar surface area (TPSA) is 18.5 Å². The normalized spacial score (nSPS) is 13.3. The van der Waals surface area contributed by atoms with Crippen LogP contribution >= 0.6 is 47.0 Å². The first-order valence-electron chi connectivity index (χ1n) is 9.66. The highest BCUT2D eigenvalue weighted by atomic mass is 32.2. The summed E-state index contributed by atoms with van der Waals surface area (Å²) in [5.41, 5.74) is 0. The van der Waals surface area contributed by atoms with Gasteiger partial charge in [-0.2, -0.15) is 0 Å². The van der Waals surface area contributed by atoms with E-state index in [1.807, 2.05) is 24.3 Å². The second-order valence-corrected chi connectivity index (χ2v) is 11.1. The van der Waals surface area contributed by atoms with E-state index in [0.717, 1.165) is 21.3 Å². The number of hydrogen-bond acceptors (Lipinski definition) is 6. The van der Waals surface area contributed by atoms with Crippen molar-refractivity contribution in [3.8, 4) is 11.5 Å². The zero-order valence-corrected chi connectivity index (χ0v) is 19.4. The first-order chi connectivity index (χ1) is 15.3. The zero-order valence-electron chi connectivity index (χ0n) is 16.1. The minimum absolute atomic E-state index is 0.807. The molecule has 6 rings (SSSR count). The molecule has 0 fully saturated rings. The number of fused-ring (bicyclic) bond motifs is 4. The van der Waals surface area contributed by atoms with Gasteiger partial charge in [-0.15, -0.1) is 0 Å². The standard InChI is InChI=1S/C24H14BO2S4/c1-3-11-19-17(9-1)28-21-13-5-7-15(23(21)30-19)26-25-27-16-8-6-14-22-24(16)31-20-12-4-2-10-18(20)29-22/h1-14H. The molecule has 0 atom stereocenters. The van der Waals surface area contributed by atoms with Crippen LogP contribution in [0.3, 0.4) is 0 Å². The van der Waals surface area contributed by atoms with E-state index in [1.54, 1.807) is 47.0 Å². The van der Waals surface area contributed by atoms with Crippen molar-refractivity contribution in [3.05, 3.63) is 84.9 Å². The lowest BCUT2D eigenvalue weighted by atomic mass is 10.3. The van der Waals surface area contributed by atoms with Crippen molar-refractivity contribution in [2.45, 2.75) is 39.2 Å². The van der Waals surface area contributed by atoms with E-state index in [9.17, 15) is 0 Å². The average Bonchev–Trinajstić information content (AvgIpc) is 2.82. The van der Waals surface area contributed by atoms with E-state index in [-0.39, 0.29) is 0 Å². The van der Waals surface area contributed by atoms with E-state index in [2.05, 4.69) is 60.7 Å². The SMILES string of the molecule is [B](Oc1cccc2c1Sc1ccccc1S2)Oc1cccc2c1Sc1ccccc1S2. The van der Waals surface area contributed by atoms with Crippen LogP contribution in [0.2, 0.25) is 0 Å². The lowest BCUT2D eigenvalue weighted by molar-refractivity contribution is 0.444. The first-order valence-corrected chi connectivity index (χ1v) is 12.9. The van der Waals surface area contributed by atoms with Crippen molar-refractivity contribution in [1.29, 1.82) is 0 Å². The molecule has 1 radical (unpaired) electrons. The molecular weight excluding hydrogens is 459 g/mol. The summed E-state index contributed by atoms with van der Waals surface area (Å²) < 4.78 is 12.0. The maximum atomic E-state index is 5.99. The molecule has 0 unspecified atom stereocenters. The molecule has 0 saturated carbocycles. The minimum Gasteiger partial charge on any atom is -0.525 e. The van der Waals surface area contributed by atoms with Gasteiger partial charge >= 0.3 is 7.69 Å². The fourth-order valence-corrected chi connectivity index (χ4v) is 7.99. The highest BCUT2D eigenvalue weighted by Gasteiger charge is 2.23. The summed E-state index contributed by atoms with van der Waals surface area (Å²) in [5.74, 6) is 1.61. The molecule has 4 aromatic carbocycles. The Morgan fingerprint density at radius 3 is 1.26 bits per heavy atom. The van der Waals surface area contributed by atoms with Crippen LogP contribution in [-0.4, -0.2) is 7.69 Å². The summed E-state index contributed by atoms with van der Waals surface area (Å²) in [6.45, 7) is 0. The molecule has 0 amide bonds. The van der Waals surface area contributed by atoms with E-state index in [4.69, 9.17) is 9.31 Å². The summed E-state index contributed by atoms with van der Waals surface area (Å²) in [6, 6.07) is 29.2. The number of hydrogen-bond donors (Lipinski definition) is 0. The van der Waals surface area contributed by atoms with E-state index < -0.39 is 0 Å². The molecule has 0 N–H and O–H groups in total. The molecule has 4 aromatic rings. The molecule has 7 heteroatoms. The van der Waals surface area contributed by atoms with Gasteiger partial charge in [0.15, 0.2) is 0 Å². The van der Waals surface area contributed by atoms with Crippen LogP contribution in [0.25, 0.3) is 0 Å². The summed E-state index contributed by atoms with van der Waals surface area (Å²) in [6.07, 6.45) is 0. The summed E-state index contributed by atoms with van der Waals surface area (Å²) >= 11 is 7.04. The Hall–Kier alpha value is -2.06. The predicted molar refractivity (Wildman–Crippen MR) is 129 cm³/mol. The fourth-order valence-electron chi connectivity index (χ4n) is 3.36. The largest absolute Gasteiger partial charge is 0.658 e. The Labute approximate surface area is 198 Å². The van der Waals surface area contributed by atoms with Gasteiger partial charge in [-0.05, 0) is 48.5 Å². The van der Waals surface area contributed by atoms with Gasteiger partial charge in [0.1, 0.15) is 11.5 Å². The Balaban J connectivity index is 1.20.